The summed E-state index contributed by atoms with van der Waals surface area (Å²) in [4.78, 5) is 11.8. The van der Waals surface area contributed by atoms with Crippen molar-refractivity contribution in [1.82, 2.24) is 5.32 Å². The Morgan fingerprint density at radius 3 is 2.88 bits per heavy atom. The lowest BCUT2D eigenvalue weighted by Gasteiger charge is -2.11. The fourth-order valence-corrected chi connectivity index (χ4v) is 1.78. The van der Waals surface area contributed by atoms with Crippen LogP contribution in [0.4, 0.5) is 0 Å². The predicted octanol–water partition coefficient (Wildman–Crippen LogP) is 1.96. The van der Waals surface area contributed by atoms with Crippen molar-refractivity contribution in [3.63, 3.8) is 0 Å². The van der Waals surface area contributed by atoms with Gasteiger partial charge < -0.3 is 10.4 Å². The van der Waals surface area contributed by atoms with Crippen LogP contribution in [0.1, 0.15) is 22.8 Å². The molecule has 4 heteroatoms. The molecule has 2 N–H and O–H groups in total. The standard InChI is InChI=1S/C12H16INO2/c1-8(7-15)6-14-12(16)10-4-3-5-11(13)9(10)2/h3-5,8,15H,6-7H2,1-2H3,(H,14,16). The van der Waals surface area contributed by atoms with Crippen molar-refractivity contribution in [2.24, 2.45) is 5.92 Å². The highest BCUT2D eigenvalue weighted by Gasteiger charge is 2.11. The van der Waals surface area contributed by atoms with Gasteiger partial charge in [-0.1, -0.05) is 13.0 Å². The Labute approximate surface area is 109 Å². The number of nitrogens with one attached hydrogen (secondary N) is 1. The number of hydrogen-bond donors (Lipinski definition) is 2. The van der Waals surface area contributed by atoms with Crippen molar-refractivity contribution >= 4 is 28.5 Å². The molecule has 3 nitrogen and oxygen atoms in total. The maximum absolute atomic E-state index is 11.8. The molecule has 0 aromatic heterocycles. The molecule has 1 rings (SSSR count). The lowest BCUT2D eigenvalue weighted by atomic mass is 10.1. The minimum Gasteiger partial charge on any atom is -0.396 e. The van der Waals surface area contributed by atoms with E-state index >= 15 is 0 Å². The van der Waals surface area contributed by atoms with Gasteiger partial charge in [0.05, 0.1) is 0 Å². The molecule has 0 heterocycles. The summed E-state index contributed by atoms with van der Waals surface area (Å²) in [5.41, 5.74) is 1.70. The van der Waals surface area contributed by atoms with Gasteiger partial charge in [0, 0.05) is 22.3 Å². The molecule has 1 amide bonds. The smallest absolute Gasteiger partial charge is 0.251 e. The number of halogens is 1. The lowest BCUT2D eigenvalue weighted by molar-refractivity contribution is 0.0941. The SMILES string of the molecule is Cc1c(I)cccc1C(=O)NCC(C)CO. The molecule has 0 fully saturated rings. The molecule has 16 heavy (non-hydrogen) atoms. The van der Waals surface area contributed by atoms with Gasteiger partial charge in [0.2, 0.25) is 0 Å². The molecule has 0 aliphatic rings. The van der Waals surface area contributed by atoms with Crippen LogP contribution in [-0.2, 0) is 0 Å². The van der Waals surface area contributed by atoms with E-state index in [9.17, 15) is 4.79 Å². The van der Waals surface area contributed by atoms with Crippen molar-refractivity contribution in [1.29, 1.82) is 0 Å². The van der Waals surface area contributed by atoms with Crippen LogP contribution in [0.5, 0.6) is 0 Å². The first-order valence-electron chi connectivity index (χ1n) is 5.20. The second kappa shape index (κ2) is 6.20. The van der Waals surface area contributed by atoms with E-state index in [1.165, 1.54) is 0 Å². The number of rotatable bonds is 4. The molecule has 88 valence electrons. The van der Waals surface area contributed by atoms with Crippen LogP contribution in [-0.4, -0.2) is 24.2 Å². The maximum Gasteiger partial charge on any atom is 0.251 e. The largest absolute Gasteiger partial charge is 0.396 e. The zero-order chi connectivity index (χ0) is 12.1. The highest BCUT2D eigenvalue weighted by atomic mass is 127. The summed E-state index contributed by atoms with van der Waals surface area (Å²) in [6.45, 7) is 4.42. The number of aliphatic hydroxyl groups is 1. The monoisotopic (exact) mass is 333 g/mol. The molecule has 1 aromatic carbocycles. The molecule has 0 aliphatic heterocycles. The molecule has 1 atom stereocenters. The van der Waals surface area contributed by atoms with E-state index in [0.29, 0.717) is 12.1 Å². The average Bonchev–Trinajstić information content (AvgIpc) is 2.29. The highest BCUT2D eigenvalue weighted by molar-refractivity contribution is 14.1. The Balaban J connectivity index is 2.70. The summed E-state index contributed by atoms with van der Waals surface area (Å²) in [6, 6.07) is 5.67. The summed E-state index contributed by atoms with van der Waals surface area (Å²) in [7, 11) is 0. The first-order valence-corrected chi connectivity index (χ1v) is 6.28. The molecule has 0 bridgehead atoms. The molecule has 0 spiro atoms. The number of benzene rings is 1. The lowest BCUT2D eigenvalue weighted by Crippen LogP contribution is -2.30. The third-order valence-corrected chi connectivity index (χ3v) is 3.60. The quantitative estimate of drug-likeness (QED) is 0.828. The fraction of sp³-hybridized carbons (Fsp3) is 0.417. The Morgan fingerprint density at radius 1 is 1.56 bits per heavy atom. The number of aliphatic hydroxyl groups excluding tert-OH is 1. The van der Waals surface area contributed by atoms with E-state index < -0.39 is 0 Å². The zero-order valence-corrected chi connectivity index (χ0v) is 11.6. The van der Waals surface area contributed by atoms with Crippen molar-refractivity contribution in [2.75, 3.05) is 13.2 Å². The Hall–Kier alpha value is -0.620. The summed E-state index contributed by atoms with van der Waals surface area (Å²) >= 11 is 2.21. The van der Waals surface area contributed by atoms with E-state index in [-0.39, 0.29) is 18.4 Å². The molecule has 0 saturated heterocycles. The Morgan fingerprint density at radius 2 is 2.25 bits per heavy atom. The van der Waals surface area contributed by atoms with Crippen molar-refractivity contribution in [2.45, 2.75) is 13.8 Å². The molecule has 1 aromatic rings. The van der Waals surface area contributed by atoms with Gasteiger partial charge in [-0.15, -0.1) is 0 Å². The third-order valence-electron chi connectivity index (χ3n) is 2.44. The van der Waals surface area contributed by atoms with Gasteiger partial charge in [-0.25, -0.2) is 0 Å². The van der Waals surface area contributed by atoms with Crippen LogP contribution in [0, 0.1) is 16.4 Å². The number of carbonyl (C=O) groups excluding carboxylic acids is 1. The molecule has 1 unspecified atom stereocenters. The number of carbonyl (C=O) groups is 1. The Bertz CT molecular complexity index is 379. The van der Waals surface area contributed by atoms with Crippen LogP contribution < -0.4 is 5.32 Å². The highest BCUT2D eigenvalue weighted by Crippen LogP contribution is 2.15. The summed E-state index contributed by atoms with van der Waals surface area (Å²) in [5.74, 6) is 0.0170. The number of amides is 1. The van der Waals surface area contributed by atoms with Crippen molar-refractivity contribution < 1.29 is 9.90 Å². The summed E-state index contributed by atoms with van der Waals surface area (Å²) < 4.78 is 1.08. The van der Waals surface area contributed by atoms with Crippen LogP contribution in [0.2, 0.25) is 0 Å². The normalized spacial score (nSPS) is 12.2. The minimum atomic E-state index is -0.0729. The summed E-state index contributed by atoms with van der Waals surface area (Å²) in [5, 5.41) is 11.7. The molecular weight excluding hydrogens is 317 g/mol. The second-order valence-corrected chi connectivity index (χ2v) is 5.07. The van der Waals surface area contributed by atoms with Crippen molar-refractivity contribution in [3.8, 4) is 0 Å². The first-order chi connectivity index (χ1) is 7.56. The van der Waals surface area contributed by atoms with E-state index in [4.69, 9.17) is 5.11 Å². The van der Waals surface area contributed by atoms with Crippen LogP contribution >= 0.6 is 22.6 Å². The maximum atomic E-state index is 11.8. The van der Waals surface area contributed by atoms with Crippen LogP contribution in [0.15, 0.2) is 18.2 Å². The van der Waals surface area contributed by atoms with Gasteiger partial charge in [0.15, 0.2) is 0 Å². The third kappa shape index (κ3) is 3.45. The first kappa shape index (κ1) is 13.4. The van der Waals surface area contributed by atoms with Gasteiger partial charge in [-0.3, -0.25) is 4.79 Å². The second-order valence-electron chi connectivity index (χ2n) is 3.91. The van der Waals surface area contributed by atoms with Gasteiger partial charge in [0.1, 0.15) is 0 Å². The number of hydrogen-bond acceptors (Lipinski definition) is 2. The van der Waals surface area contributed by atoms with E-state index in [1.807, 2.05) is 32.0 Å². The van der Waals surface area contributed by atoms with Crippen LogP contribution in [0.25, 0.3) is 0 Å². The topological polar surface area (TPSA) is 49.3 Å². The average molecular weight is 333 g/mol. The van der Waals surface area contributed by atoms with E-state index in [1.54, 1.807) is 0 Å². The van der Waals surface area contributed by atoms with Crippen molar-refractivity contribution in [3.05, 3.63) is 32.9 Å². The van der Waals surface area contributed by atoms with Gasteiger partial charge in [-0.2, -0.15) is 0 Å². The zero-order valence-electron chi connectivity index (χ0n) is 9.46. The molecule has 0 aliphatic carbocycles. The predicted molar refractivity (Wildman–Crippen MR) is 72.5 cm³/mol. The van der Waals surface area contributed by atoms with Gasteiger partial charge in [-0.05, 0) is 53.1 Å². The van der Waals surface area contributed by atoms with Crippen LogP contribution in [0.3, 0.4) is 0 Å². The Kier molecular flexibility index (Phi) is 5.21. The fourth-order valence-electron chi connectivity index (χ4n) is 1.28. The minimum absolute atomic E-state index is 0.0729. The van der Waals surface area contributed by atoms with E-state index in [0.717, 1.165) is 9.13 Å². The molecule has 0 saturated carbocycles. The molecule has 0 radical (unpaired) electrons. The van der Waals surface area contributed by atoms with Gasteiger partial charge >= 0.3 is 0 Å². The summed E-state index contributed by atoms with van der Waals surface area (Å²) in [6.07, 6.45) is 0. The molecular formula is C12H16INO2. The van der Waals surface area contributed by atoms with E-state index in [2.05, 4.69) is 27.9 Å². The van der Waals surface area contributed by atoms with Gasteiger partial charge in [0.25, 0.3) is 5.91 Å².